The number of rotatable bonds is 2. The summed E-state index contributed by atoms with van der Waals surface area (Å²) < 4.78 is 5.23. The van der Waals surface area contributed by atoms with Crippen LogP contribution in [0.15, 0.2) is 23.1 Å². The van der Waals surface area contributed by atoms with Crippen LogP contribution in [0.1, 0.15) is 6.42 Å². The van der Waals surface area contributed by atoms with Crippen LogP contribution < -0.4 is 5.32 Å². The van der Waals surface area contributed by atoms with E-state index < -0.39 is 5.25 Å². The van der Waals surface area contributed by atoms with Crippen molar-refractivity contribution >= 4 is 40.9 Å². The Morgan fingerprint density at radius 2 is 2.19 bits per heavy atom. The number of carbonyl (C=O) groups excluding carboxylic acids is 2. The summed E-state index contributed by atoms with van der Waals surface area (Å²) in [6.07, 6.45) is 0.207. The van der Waals surface area contributed by atoms with E-state index >= 15 is 0 Å². The van der Waals surface area contributed by atoms with Gasteiger partial charge in [0.05, 0.1) is 24.2 Å². The fourth-order valence-corrected chi connectivity index (χ4v) is 3.61. The largest absolute Gasteiger partial charge is 0.378 e. The highest BCUT2D eigenvalue weighted by Crippen LogP contribution is 2.38. The lowest BCUT2D eigenvalue weighted by atomic mass is 10.2. The molecule has 0 aromatic heterocycles. The van der Waals surface area contributed by atoms with E-state index in [4.69, 9.17) is 16.3 Å². The van der Waals surface area contributed by atoms with E-state index in [0.717, 1.165) is 4.90 Å². The number of nitrogens with zero attached hydrogens (tertiary/aromatic N) is 1. The van der Waals surface area contributed by atoms with Crippen LogP contribution in [0.3, 0.4) is 0 Å². The molecule has 112 valence electrons. The average Bonchev–Trinajstić information content (AvgIpc) is 2.49. The number of benzene rings is 1. The molecule has 2 aliphatic heterocycles. The number of morpholine rings is 1. The Balaban J connectivity index is 1.67. The second-order valence-corrected chi connectivity index (χ2v) is 6.61. The number of hydrogen-bond acceptors (Lipinski definition) is 4. The molecule has 0 unspecified atom stereocenters. The molecule has 7 heteroatoms. The molecule has 0 bridgehead atoms. The zero-order chi connectivity index (χ0) is 14.8. The molecule has 5 nitrogen and oxygen atoms in total. The van der Waals surface area contributed by atoms with Gasteiger partial charge in [-0.05, 0) is 18.2 Å². The molecular weight excluding hydrogens is 312 g/mol. The van der Waals surface area contributed by atoms with Crippen molar-refractivity contribution in [3.05, 3.63) is 23.2 Å². The number of carbonyl (C=O) groups is 2. The molecule has 0 radical (unpaired) electrons. The number of amides is 2. The summed E-state index contributed by atoms with van der Waals surface area (Å²) in [4.78, 5) is 27.1. The third-order valence-corrected chi connectivity index (χ3v) is 5.00. The Morgan fingerprint density at radius 1 is 1.43 bits per heavy atom. The van der Waals surface area contributed by atoms with Crippen molar-refractivity contribution in [3.8, 4) is 0 Å². The quantitative estimate of drug-likeness (QED) is 0.903. The van der Waals surface area contributed by atoms with Gasteiger partial charge in [-0.15, -0.1) is 11.8 Å². The predicted octanol–water partition coefficient (Wildman–Crippen LogP) is 2.00. The van der Waals surface area contributed by atoms with Crippen LogP contribution in [0.25, 0.3) is 0 Å². The van der Waals surface area contributed by atoms with E-state index in [9.17, 15) is 9.59 Å². The number of hydrogen-bond donors (Lipinski definition) is 1. The van der Waals surface area contributed by atoms with Gasteiger partial charge in [-0.3, -0.25) is 9.59 Å². The molecule has 1 fully saturated rings. The molecule has 1 aromatic carbocycles. The summed E-state index contributed by atoms with van der Waals surface area (Å²) in [7, 11) is 0. The Kier molecular flexibility index (Phi) is 4.37. The summed E-state index contributed by atoms with van der Waals surface area (Å²) in [6, 6.07) is 5.38. The van der Waals surface area contributed by atoms with Gasteiger partial charge < -0.3 is 15.0 Å². The third-order valence-electron chi connectivity index (χ3n) is 3.48. The summed E-state index contributed by atoms with van der Waals surface area (Å²) in [5, 5.41) is 3.01. The average molecular weight is 327 g/mol. The van der Waals surface area contributed by atoms with Gasteiger partial charge in [0.15, 0.2) is 0 Å². The van der Waals surface area contributed by atoms with Crippen LogP contribution in [0.2, 0.25) is 5.02 Å². The standard InChI is InChI=1S/C14H15ClN2O3S/c15-9-1-2-11-10(7-9)16-14(19)12(21-11)8-13(18)17-3-5-20-6-4-17/h1-2,7,12H,3-6,8H2,(H,16,19)/t12-/m0/s1. The number of thioether (sulfide) groups is 1. The minimum absolute atomic E-state index is 0.00311. The van der Waals surface area contributed by atoms with Crippen molar-refractivity contribution in [3.63, 3.8) is 0 Å². The van der Waals surface area contributed by atoms with Gasteiger partial charge in [0.25, 0.3) is 0 Å². The molecule has 2 heterocycles. The lowest BCUT2D eigenvalue weighted by Gasteiger charge is -2.29. The Bertz CT molecular complexity index is 575. The number of ether oxygens (including phenoxy) is 1. The lowest BCUT2D eigenvalue weighted by Crippen LogP contribution is -2.43. The predicted molar refractivity (Wildman–Crippen MR) is 81.7 cm³/mol. The van der Waals surface area contributed by atoms with E-state index in [2.05, 4.69) is 5.32 Å². The zero-order valence-corrected chi connectivity index (χ0v) is 12.9. The van der Waals surface area contributed by atoms with Gasteiger partial charge in [0, 0.05) is 29.4 Å². The summed E-state index contributed by atoms with van der Waals surface area (Å²) >= 11 is 7.33. The molecule has 2 amide bonds. The number of halogens is 1. The maximum Gasteiger partial charge on any atom is 0.238 e. The minimum atomic E-state index is -0.394. The molecule has 0 spiro atoms. The van der Waals surface area contributed by atoms with Gasteiger partial charge in [0.1, 0.15) is 0 Å². The number of anilines is 1. The zero-order valence-electron chi connectivity index (χ0n) is 11.3. The van der Waals surface area contributed by atoms with Gasteiger partial charge in [0.2, 0.25) is 11.8 Å². The smallest absolute Gasteiger partial charge is 0.238 e. The normalized spacial score (nSPS) is 21.7. The van der Waals surface area contributed by atoms with Crippen LogP contribution >= 0.6 is 23.4 Å². The van der Waals surface area contributed by atoms with Crippen LogP contribution in [0.4, 0.5) is 5.69 Å². The molecule has 0 saturated carbocycles. The molecule has 1 saturated heterocycles. The van der Waals surface area contributed by atoms with E-state index in [0.29, 0.717) is 37.0 Å². The van der Waals surface area contributed by atoms with Crippen molar-refractivity contribution in [2.75, 3.05) is 31.6 Å². The van der Waals surface area contributed by atoms with Crippen LogP contribution in [-0.4, -0.2) is 48.3 Å². The highest BCUT2D eigenvalue weighted by molar-refractivity contribution is 8.01. The van der Waals surface area contributed by atoms with Crippen molar-refractivity contribution in [2.45, 2.75) is 16.6 Å². The molecule has 1 N–H and O–H groups in total. The van der Waals surface area contributed by atoms with Crippen molar-refractivity contribution in [2.24, 2.45) is 0 Å². The van der Waals surface area contributed by atoms with Crippen LogP contribution in [0.5, 0.6) is 0 Å². The van der Waals surface area contributed by atoms with E-state index in [1.54, 1.807) is 17.0 Å². The van der Waals surface area contributed by atoms with Crippen molar-refractivity contribution in [1.82, 2.24) is 4.90 Å². The molecule has 21 heavy (non-hydrogen) atoms. The third kappa shape index (κ3) is 3.33. The van der Waals surface area contributed by atoms with Crippen molar-refractivity contribution < 1.29 is 14.3 Å². The first-order chi connectivity index (χ1) is 10.1. The second kappa shape index (κ2) is 6.25. The monoisotopic (exact) mass is 326 g/mol. The highest BCUT2D eigenvalue weighted by atomic mass is 35.5. The first-order valence-corrected chi connectivity index (χ1v) is 8.02. The molecule has 0 aliphatic carbocycles. The topological polar surface area (TPSA) is 58.6 Å². The highest BCUT2D eigenvalue weighted by Gasteiger charge is 2.31. The molecule has 2 aliphatic rings. The number of fused-ring (bicyclic) bond motifs is 1. The molecular formula is C14H15ClN2O3S. The van der Waals surface area contributed by atoms with E-state index in [1.807, 2.05) is 6.07 Å². The SMILES string of the molecule is O=C1Nc2cc(Cl)ccc2S[C@H]1CC(=O)N1CCOCC1. The minimum Gasteiger partial charge on any atom is -0.378 e. The van der Waals surface area contributed by atoms with Gasteiger partial charge in [-0.2, -0.15) is 0 Å². The van der Waals surface area contributed by atoms with Crippen LogP contribution in [0, 0.1) is 0 Å². The van der Waals surface area contributed by atoms with Crippen LogP contribution in [-0.2, 0) is 14.3 Å². The summed E-state index contributed by atoms with van der Waals surface area (Å²) in [5.74, 6) is -0.139. The first-order valence-electron chi connectivity index (χ1n) is 6.76. The fraction of sp³-hybridized carbons (Fsp3) is 0.429. The van der Waals surface area contributed by atoms with E-state index in [-0.39, 0.29) is 18.2 Å². The molecule has 1 atom stereocenters. The Hall–Kier alpha value is -1.24. The van der Waals surface area contributed by atoms with E-state index in [1.165, 1.54) is 11.8 Å². The summed E-state index contributed by atoms with van der Waals surface area (Å²) in [6.45, 7) is 2.34. The van der Waals surface area contributed by atoms with Gasteiger partial charge in [-0.25, -0.2) is 0 Å². The Labute approximate surface area is 132 Å². The fourth-order valence-electron chi connectivity index (χ4n) is 2.36. The Morgan fingerprint density at radius 3 is 2.95 bits per heavy atom. The lowest BCUT2D eigenvalue weighted by molar-refractivity contribution is -0.136. The van der Waals surface area contributed by atoms with Gasteiger partial charge >= 0.3 is 0 Å². The number of nitrogens with one attached hydrogen (secondary N) is 1. The first kappa shape index (κ1) is 14.7. The molecule has 1 aromatic rings. The molecule has 3 rings (SSSR count). The van der Waals surface area contributed by atoms with Crippen molar-refractivity contribution in [1.29, 1.82) is 0 Å². The summed E-state index contributed by atoms with van der Waals surface area (Å²) in [5.41, 5.74) is 0.715. The van der Waals surface area contributed by atoms with Gasteiger partial charge in [-0.1, -0.05) is 11.6 Å². The second-order valence-electron chi connectivity index (χ2n) is 4.93. The maximum absolute atomic E-state index is 12.2. The maximum atomic E-state index is 12.2.